The second-order valence-electron chi connectivity index (χ2n) is 5.16. The Morgan fingerprint density at radius 3 is 3.15 bits per heavy atom. The highest BCUT2D eigenvalue weighted by Crippen LogP contribution is 2.36. The molecule has 0 spiro atoms. The molecule has 0 radical (unpaired) electrons. The Balaban J connectivity index is 1.86. The predicted molar refractivity (Wildman–Crippen MR) is 87.6 cm³/mol. The van der Waals surface area contributed by atoms with Gasteiger partial charge >= 0.3 is 0 Å². The van der Waals surface area contributed by atoms with Crippen molar-refractivity contribution in [2.75, 3.05) is 12.8 Å². The average molecular weight is 307 g/mol. The van der Waals surface area contributed by atoms with E-state index in [2.05, 4.69) is 29.6 Å². The molecule has 2 aromatic rings. The fraction of sp³-hybridized carbons (Fsp3) is 0.533. The number of fused-ring (bicyclic) bond motifs is 1. The Labute approximate surface area is 128 Å². The van der Waals surface area contributed by atoms with Crippen molar-refractivity contribution in [1.29, 1.82) is 0 Å². The first-order chi connectivity index (χ1) is 9.81. The van der Waals surface area contributed by atoms with Gasteiger partial charge in [-0.05, 0) is 37.3 Å². The molecule has 0 bridgehead atoms. The summed E-state index contributed by atoms with van der Waals surface area (Å²) in [5.41, 5.74) is 2.81. The lowest BCUT2D eigenvalue weighted by Crippen LogP contribution is -2.15. The molecule has 1 N–H and O–H groups in total. The molecular weight excluding hydrogens is 286 g/mol. The van der Waals surface area contributed by atoms with E-state index >= 15 is 0 Å². The number of nitrogens with zero attached hydrogens (tertiary/aromatic N) is 2. The van der Waals surface area contributed by atoms with E-state index in [9.17, 15) is 0 Å². The first kappa shape index (κ1) is 14.2. The Hall–Kier alpha value is -0.780. The standard InChI is InChI=1S/C15H21N3S2/c1-3-5-18-9-12(8-17-18)15(16-2)14-7-11-10-19-6-4-13(11)20-14/h7-9,15-16H,3-6,10H2,1-2H3. The van der Waals surface area contributed by atoms with E-state index in [1.165, 1.54) is 28.4 Å². The van der Waals surface area contributed by atoms with Crippen molar-refractivity contribution in [2.45, 2.75) is 38.1 Å². The second-order valence-corrected chi connectivity index (χ2v) is 7.43. The number of aryl methyl sites for hydroxylation is 2. The van der Waals surface area contributed by atoms with Crippen molar-refractivity contribution in [3.8, 4) is 0 Å². The summed E-state index contributed by atoms with van der Waals surface area (Å²) in [7, 11) is 2.04. The van der Waals surface area contributed by atoms with Gasteiger partial charge in [-0.1, -0.05) is 6.92 Å². The SMILES string of the molecule is CCCn1cc(C(NC)c2cc3c(s2)CCSC3)cn1. The maximum Gasteiger partial charge on any atom is 0.0699 e. The number of nitrogens with one attached hydrogen (secondary N) is 1. The van der Waals surface area contributed by atoms with Crippen LogP contribution in [-0.2, 0) is 18.7 Å². The monoisotopic (exact) mass is 307 g/mol. The predicted octanol–water partition coefficient (Wildman–Crippen LogP) is 3.45. The first-order valence-electron chi connectivity index (χ1n) is 7.20. The van der Waals surface area contributed by atoms with Crippen molar-refractivity contribution in [3.63, 3.8) is 0 Å². The normalized spacial score (nSPS) is 16.1. The van der Waals surface area contributed by atoms with E-state index in [0.717, 1.165) is 13.0 Å². The van der Waals surface area contributed by atoms with Gasteiger partial charge in [0.15, 0.2) is 0 Å². The smallest absolute Gasteiger partial charge is 0.0699 e. The van der Waals surface area contributed by atoms with Crippen LogP contribution in [0.15, 0.2) is 18.5 Å². The number of thioether (sulfide) groups is 1. The van der Waals surface area contributed by atoms with E-state index < -0.39 is 0 Å². The summed E-state index contributed by atoms with van der Waals surface area (Å²) in [5.74, 6) is 2.45. The lowest BCUT2D eigenvalue weighted by Gasteiger charge is -2.12. The van der Waals surface area contributed by atoms with Gasteiger partial charge < -0.3 is 5.32 Å². The summed E-state index contributed by atoms with van der Waals surface area (Å²) >= 11 is 4.02. The molecule has 0 amide bonds. The molecule has 5 heteroatoms. The summed E-state index contributed by atoms with van der Waals surface area (Å²) in [5, 5.41) is 7.91. The third-order valence-corrected chi connectivity index (χ3v) is 5.97. The van der Waals surface area contributed by atoms with E-state index in [1.807, 2.05) is 41.0 Å². The molecule has 3 rings (SSSR count). The summed E-state index contributed by atoms with van der Waals surface area (Å²) in [4.78, 5) is 3.01. The molecule has 108 valence electrons. The van der Waals surface area contributed by atoms with Gasteiger partial charge in [0.2, 0.25) is 0 Å². The summed E-state index contributed by atoms with van der Waals surface area (Å²) in [6, 6.07) is 2.67. The maximum absolute atomic E-state index is 4.46. The quantitative estimate of drug-likeness (QED) is 0.917. The third-order valence-electron chi connectivity index (χ3n) is 3.66. The van der Waals surface area contributed by atoms with Crippen LogP contribution in [0.4, 0.5) is 0 Å². The maximum atomic E-state index is 4.46. The molecule has 3 nitrogen and oxygen atoms in total. The summed E-state index contributed by atoms with van der Waals surface area (Å²) in [6.45, 7) is 3.18. The van der Waals surface area contributed by atoms with Crippen LogP contribution < -0.4 is 5.32 Å². The Morgan fingerprint density at radius 2 is 2.40 bits per heavy atom. The van der Waals surface area contributed by atoms with Crippen LogP contribution in [0, 0.1) is 0 Å². The van der Waals surface area contributed by atoms with E-state index in [1.54, 1.807) is 10.4 Å². The molecule has 1 unspecified atom stereocenters. The Morgan fingerprint density at radius 1 is 1.50 bits per heavy atom. The lowest BCUT2D eigenvalue weighted by atomic mass is 10.1. The summed E-state index contributed by atoms with van der Waals surface area (Å²) < 4.78 is 2.04. The summed E-state index contributed by atoms with van der Waals surface area (Å²) in [6.07, 6.45) is 6.54. The molecule has 2 aromatic heterocycles. The number of hydrogen-bond donors (Lipinski definition) is 1. The molecule has 0 aromatic carbocycles. The fourth-order valence-electron chi connectivity index (χ4n) is 2.67. The van der Waals surface area contributed by atoms with Gasteiger partial charge in [-0.25, -0.2) is 0 Å². The van der Waals surface area contributed by atoms with Crippen LogP contribution in [0.2, 0.25) is 0 Å². The van der Waals surface area contributed by atoms with Crippen LogP contribution in [-0.4, -0.2) is 22.6 Å². The van der Waals surface area contributed by atoms with Crippen LogP contribution >= 0.6 is 23.1 Å². The highest BCUT2D eigenvalue weighted by Gasteiger charge is 2.20. The van der Waals surface area contributed by atoms with Crippen LogP contribution in [0.1, 0.15) is 40.3 Å². The fourth-order valence-corrected chi connectivity index (χ4v) is 5.18. The number of aromatic nitrogens is 2. The van der Waals surface area contributed by atoms with Gasteiger partial charge in [-0.2, -0.15) is 16.9 Å². The van der Waals surface area contributed by atoms with Crippen LogP contribution in [0.5, 0.6) is 0 Å². The molecule has 0 fully saturated rings. The molecular formula is C15H21N3S2. The molecule has 1 aliphatic heterocycles. The van der Waals surface area contributed by atoms with Gasteiger partial charge in [0.1, 0.15) is 0 Å². The van der Waals surface area contributed by atoms with E-state index in [0.29, 0.717) is 0 Å². The molecule has 3 heterocycles. The zero-order valence-electron chi connectivity index (χ0n) is 12.1. The first-order valence-corrected chi connectivity index (χ1v) is 9.17. The highest BCUT2D eigenvalue weighted by atomic mass is 32.2. The topological polar surface area (TPSA) is 29.9 Å². The molecule has 1 aliphatic rings. The van der Waals surface area contributed by atoms with Gasteiger partial charge in [-0.15, -0.1) is 11.3 Å². The third kappa shape index (κ3) is 2.80. The molecule has 0 saturated carbocycles. The zero-order valence-corrected chi connectivity index (χ0v) is 13.7. The minimum atomic E-state index is 0.279. The molecule has 1 atom stereocenters. The van der Waals surface area contributed by atoms with Crippen LogP contribution in [0.25, 0.3) is 0 Å². The van der Waals surface area contributed by atoms with Crippen molar-refractivity contribution in [3.05, 3.63) is 39.3 Å². The minimum absolute atomic E-state index is 0.279. The number of hydrogen-bond acceptors (Lipinski definition) is 4. The largest absolute Gasteiger partial charge is 0.309 e. The van der Waals surface area contributed by atoms with E-state index in [4.69, 9.17) is 0 Å². The van der Waals surface area contributed by atoms with Crippen molar-refractivity contribution >= 4 is 23.1 Å². The number of rotatable bonds is 5. The van der Waals surface area contributed by atoms with Gasteiger partial charge in [0.05, 0.1) is 12.2 Å². The van der Waals surface area contributed by atoms with Crippen molar-refractivity contribution < 1.29 is 0 Å². The van der Waals surface area contributed by atoms with Crippen LogP contribution in [0.3, 0.4) is 0 Å². The van der Waals surface area contributed by atoms with Gasteiger partial charge in [0.25, 0.3) is 0 Å². The van der Waals surface area contributed by atoms with Gasteiger partial charge in [-0.3, -0.25) is 4.68 Å². The molecule has 0 saturated heterocycles. The zero-order chi connectivity index (χ0) is 13.9. The lowest BCUT2D eigenvalue weighted by molar-refractivity contribution is 0.600. The van der Waals surface area contributed by atoms with Crippen molar-refractivity contribution in [1.82, 2.24) is 15.1 Å². The Kier molecular flexibility index (Phi) is 4.48. The minimum Gasteiger partial charge on any atom is -0.309 e. The average Bonchev–Trinajstić information content (AvgIpc) is 3.07. The van der Waals surface area contributed by atoms with Crippen molar-refractivity contribution in [2.24, 2.45) is 0 Å². The molecule has 20 heavy (non-hydrogen) atoms. The second kappa shape index (κ2) is 6.33. The Bertz CT molecular complexity index is 550. The van der Waals surface area contributed by atoms with Gasteiger partial charge in [0, 0.05) is 33.8 Å². The molecule has 0 aliphatic carbocycles. The van der Waals surface area contributed by atoms with E-state index in [-0.39, 0.29) is 6.04 Å². The number of thiophene rings is 1. The highest BCUT2D eigenvalue weighted by molar-refractivity contribution is 7.98.